The van der Waals surface area contributed by atoms with Crippen LogP contribution in [0.5, 0.6) is 0 Å². The van der Waals surface area contributed by atoms with E-state index in [9.17, 15) is 4.79 Å². The summed E-state index contributed by atoms with van der Waals surface area (Å²) in [6, 6.07) is 30.3. The van der Waals surface area contributed by atoms with Gasteiger partial charge in [0.15, 0.2) is 0 Å². The molecule has 0 N–H and O–H groups in total. The van der Waals surface area contributed by atoms with Gasteiger partial charge in [0.1, 0.15) is 12.1 Å². The molecular weight excluding hydrogens is 370 g/mol. The topological polar surface area (TPSA) is 29.5 Å². The largest absolute Gasteiger partial charge is 0.456 e. The van der Waals surface area contributed by atoms with Crippen molar-refractivity contribution in [1.29, 1.82) is 0 Å². The predicted molar refractivity (Wildman–Crippen MR) is 120 cm³/mol. The van der Waals surface area contributed by atoms with Gasteiger partial charge in [0.2, 0.25) is 0 Å². The molecule has 3 aromatic carbocycles. The Morgan fingerprint density at radius 2 is 1.30 bits per heavy atom. The number of nitrogens with zero attached hydrogens (tertiary/aromatic N) is 1. The summed E-state index contributed by atoms with van der Waals surface area (Å²) in [7, 11) is 0. The van der Waals surface area contributed by atoms with E-state index in [0.717, 1.165) is 37.1 Å². The molecule has 1 saturated heterocycles. The van der Waals surface area contributed by atoms with Gasteiger partial charge in [-0.1, -0.05) is 91.0 Å². The standard InChI is InChI=1S/C27H29NO2/c1-21(22-11-5-2-6-12-22)30-27(29)26(25-15-9-4-10-16-25)28-19-17-24(18-20-28)23-13-7-3-8-14-23/h2-16,21,24,26H,17-20H2,1H3/t21-,26?/m0/s1. The Morgan fingerprint density at radius 3 is 1.87 bits per heavy atom. The van der Waals surface area contributed by atoms with Gasteiger partial charge in [-0.15, -0.1) is 0 Å². The molecule has 1 aliphatic heterocycles. The van der Waals surface area contributed by atoms with Gasteiger partial charge in [-0.25, -0.2) is 4.79 Å². The third-order valence-corrected chi connectivity index (χ3v) is 6.07. The number of carbonyl (C=O) groups is 1. The van der Waals surface area contributed by atoms with Gasteiger partial charge >= 0.3 is 5.97 Å². The first kappa shape index (κ1) is 20.4. The van der Waals surface area contributed by atoms with Crippen LogP contribution in [0.1, 0.15) is 54.5 Å². The maximum absolute atomic E-state index is 13.3. The fraction of sp³-hybridized carbons (Fsp3) is 0.296. The van der Waals surface area contributed by atoms with Crippen molar-refractivity contribution in [3.63, 3.8) is 0 Å². The molecular formula is C27H29NO2. The number of hydrogen-bond donors (Lipinski definition) is 0. The van der Waals surface area contributed by atoms with Gasteiger partial charge in [-0.2, -0.15) is 0 Å². The summed E-state index contributed by atoms with van der Waals surface area (Å²) in [4.78, 5) is 15.6. The lowest BCUT2D eigenvalue weighted by molar-refractivity contribution is -0.156. The second-order valence-corrected chi connectivity index (χ2v) is 8.02. The highest BCUT2D eigenvalue weighted by molar-refractivity contribution is 5.78. The van der Waals surface area contributed by atoms with E-state index < -0.39 is 0 Å². The summed E-state index contributed by atoms with van der Waals surface area (Å²) in [5.41, 5.74) is 3.41. The predicted octanol–water partition coefficient (Wildman–Crippen LogP) is 5.91. The molecule has 0 aromatic heterocycles. The number of ether oxygens (including phenoxy) is 1. The summed E-state index contributed by atoms with van der Waals surface area (Å²) in [6.45, 7) is 3.71. The molecule has 154 valence electrons. The molecule has 1 aliphatic rings. The Bertz CT molecular complexity index is 919. The molecule has 3 nitrogen and oxygen atoms in total. The van der Waals surface area contributed by atoms with Crippen molar-refractivity contribution < 1.29 is 9.53 Å². The molecule has 30 heavy (non-hydrogen) atoms. The maximum atomic E-state index is 13.3. The maximum Gasteiger partial charge on any atom is 0.328 e. The average molecular weight is 400 g/mol. The monoisotopic (exact) mass is 399 g/mol. The third kappa shape index (κ3) is 4.80. The molecule has 0 radical (unpaired) electrons. The second-order valence-electron chi connectivity index (χ2n) is 8.02. The zero-order valence-corrected chi connectivity index (χ0v) is 17.5. The first-order valence-corrected chi connectivity index (χ1v) is 10.8. The minimum absolute atomic E-state index is 0.171. The van der Waals surface area contributed by atoms with Crippen LogP contribution in [-0.4, -0.2) is 24.0 Å². The molecule has 0 spiro atoms. The smallest absolute Gasteiger partial charge is 0.328 e. The van der Waals surface area contributed by atoms with Gasteiger partial charge in [-0.05, 0) is 55.5 Å². The van der Waals surface area contributed by atoms with E-state index in [2.05, 4.69) is 35.2 Å². The minimum atomic E-state index is -0.367. The van der Waals surface area contributed by atoms with E-state index in [0.29, 0.717) is 5.92 Å². The minimum Gasteiger partial charge on any atom is -0.456 e. The lowest BCUT2D eigenvalue weighted by atomic mass is 9.88. The van der Waals surface area contributed by atoms with Gasteiger partial charge in [-0.3, -0.25) is 4.90 Å². The van der Waals surface area contributed by atoms with Crippen molar-refractivity contribution in [3.8, 4) is 0 Å². The summed E-state index contributed by atoms with van der Waals surface area (Å²) < 4.78 is 5.94. The number of carbonyl (C=O) groups excluding carboxylic acids is 1. The zero-order valence-electron chi connectivity index (χ0n) is 17.5. The Labute approximate surface area is 179 Å². The molecule has 1 fully saturated rings. The number of rotatable bonds is 6. The first-order valence-electron chi connectivity index (χ1n) is 10.8. The average Bonchev–Trinajstić information content (AvgIpc) is 2.81. The summed E-state index contributed by atoms with van der Waals surface area (Å²) in [6.07, 6.45) is 1.83. The van der Waals surface area contributed by atoms with Crippen LogP contribution in [0.4, 0.5) is 0 Å². The fourth-order valence-corrected chi connectivity index (χ4v) is 4.38. The van der Waals surface area contributed by atoms with E-state index in [1.54, 1.807) is 0 Å². The quantitative estimate of drug-likeness (QED) is 0.483. The molecule has 3 aromatic rings. The van der Waals surface area contributed by atoms with E-state index >= 15 is 0 Å². The van der Waals surface area contributed by atoms with Crippen LogP contribution in [-0.2, 0) is 9.53 Å². The molecule has 2 atom stereocenters. The zero-order chi connectivity index (χ0) is 20.8. The van der Waals surface area contributed by atoms with Gasteiger partial charge in [0.05, 0.1) is 0 Å². The number of piperidine rings is 1. The summed E-state index contributed by atoms with van der Waals surface area (Å²) in [5, 5.41) is 0. The highest BCUT2D eigenvalue weighted by atomic mass is 16.5. The van der Waals surface area contributed by atoms with Crippen molar-refractivity contribution in [3.05, 3.63) is 108 Å². The van der Waals surface area contributed by atoms with Crippen LogP contribution in [0.15, 0.2) is 91.0 Å². The Kier molecular flexibility index (Phi) is 6.60. The molecule has 1 unspecified atom stereocenters. The van der Waals surface area contributed by atoms with E-state index in [4.69, 9.17) is 4.74 Å². The van der Waals surface area contributed by atoms with Crippen molar-refractivity contribution in [1.82, 2.24) is 4.90 Å². The summed E-state index contributed by atoms with van der Waals surface area (Å²) in [5.74, 6) is 0.383. The lowest BCUT2D eigenvalue weighted by Crippen LogP contribution is -2.40. The van der Waals surface area contributed by atoms with Gasteiger partial charge in [0.25, 0.3) is 0 Å². The molecule has 1 heterocycles. The number of hydrogen-bond acceptors (Lipinski definition) is 3. The molecule has 0 amide bonds. The molecule has 0 bridgehead atoms. The van der Waals surface area contributed by atoms with Crippen LogP contribution in [0, 0.1) is 0 Å². The third-order valence-electron chi connectivity index (χ3n) is 6.07. The Balaban J connectivity index is 1.49. The van der Waals surface area contributed by atoms with Crippen LogP contribution >= 0.6 is 0 Å². The van der Waals surface area contributed by atoms with Gasteiger partial charge < -0.3 is 4.74 Å². The number of likely N-dealkylation sites (tertiary alicyclic amines) is 1. The van der Waals surface area contributed by atoms with Crippen LogP contribution in [0.25, 0.3) is 0 Å². The van der Waals surface area contributed by atoms with E-state index in [1.165, 1.54) is 5.56 Å². The molecule has 3 heteroatoms. The SMILES string of the molecule is C[C@H](OC(=O)C(c1ccccc1)N1CCC(c2ccccc2)CC1)c1ccccc1. The van der Waals surface area contributed by atoms with Gasteiger partial charge in [0, 0.05) is 0 Å². The Morgan fingerprint density at radius 1 is 0.800 bits per heavy atom. The lowest BCUT2D eigenvalue weighted by Gasteiger charge is -2.37. The van der Waals surface area contributed by atoms with Crippen molar-refractivity contribution in [2.75, 3.05) is 13.1 Å². The number of esters is 1. The summed E-state index contributed by atoms with van der Waals surface area (Å²) >= 11 is 0. The van der Waals surface area contributed by atoms with Crippen LogP contribution in [0.2, 0.25) is 0 Å². The van der Waals surface area contributed by atoms with E-state index in [1.807, 2.05) is 67.6 Å². The van der Waals surface area contributed by atoms with E-state index in [-0.39, 0.29) is 18.1 Å². The van der Waals surface area contributed by atoms with Crippen LogP contribution < -0.4 is 0 Å². The molecule has 0 aliphatic carbocycles. The Hall–Kier alpha value is -2.91. The van der Waals surface area contributed by atoms with Crippen molar-refractivity contribution in [2.45, 2.75) is 37.8 Å². The fourth-order valence-electron chi connectivity index (χ4n) is 4.38. The highest BCUT2D eigenvalue weighted by Gasteiger charge is 2.33. The molecule has 0 saturated carbocycles. The van der Waals surface area contributed by atoms with Crippen molar-refractivity contribution >= 4 is 5.97 Å². The van der Waals surface area contributed by atoms with Crippen LogP contribution in [0.3, 0.4) is 0 Å². The first-order chi connectivity index (χ1) is 14.7. The number of benzene rings is 3. The normalized spacial score (nSPS) is 17.2. The van der Waals surface area contributed by atoms with Crippen molar-refractivity contribution in [2.24, 2.45) is 0 Å². The second kappa shape index (κ2) is 9.73. The molecule has 4 rings (SSSR count). The highest BCUT2D eigenvalue weighted by Crippen LogP contribution is 2.33.